The molecule has 0 amide bonds. The lowest BCUT2D eigenvalue weighted by atomic mass is 9.92. The standard InChI is InChI=1S/C10H17NO2/c1-11-5-8(7-3-4-7)9(6-11)10(12)13-2/h7-9H,3-6H2,1-2H3/t8-,9+/m1/s1. The highest BCUT2D eigenvalue weighted by molar-refractivity contribution is 5.73. The van der Waals surface area contributed by atoms with Gasteiger partial charge in [-0.3, -0.25) is 4.79 Å². The lowest BCUT2D eigenvalue weighted by molar-refractivity contribution is -0.146. The molecule has 1 aliphatic carbocycles. The number of rotatable bonds is 2. The number of hydrogen-bond acceptors (Lipinski definition) is 3. The summed E-state index contributed by atoms with van der Waals surface area (Å²) in [4.78, 5) is 13.7. The fourth-order valence-corrected chi connectivity index (χ4v) is 2.44. The van der Waals surface area contributed by atoms with E-state index in [2.05, 4.69) is 11.9 Å². The zero-order chi connectivity index (χ0) is 9.42. The Morgan fingerprint density at radius 1 is 1.38 bits per heavy atom. The van der Waals surface area contributed by atoms with E-state index in [-0.39, 0.29) is 11.9 Å². The van der Waals surface area contributed by atoms with Crippen molar-refractivity contribution in [2.75, 3.05) is 27.2 Å². The molecule has 2 rings (SSSR count). The van der Waals surface area contributed by atoms with E-state index in [1.807, 2.05) is 0 Å². The molecule has 0 aromatic heterocycles. The highest BCUT2D eigenvalue weighted by atomic mass is 16.5. The summed E-state index contributed by atoms with van der Waals surface area (Å²) in [6.07, 6.45) is 2.62. The molecule has 1 saturated heterocycles. The first-order valence-electron chi connectivity index (χ1n) is 4.98. The maximum absolute atomic E-state index is 11.5. The number of carbonyl (C=O) groups is 1. The van der Waals surface area contributed by atoms with Crippen LogP contribution >= 0.6 is 0 Å². The normalized spacial score (nSPS) is 34.9. The molecule has 1 saturated carbocycles. The molecule has 0 aromatic rings. The van der Waals surface area contributed by atoms with E-state index in [1.54, 1.807) is 0 Å². The highest BCUT2D eigenvalue weighted by Crippen LogP contribution is 2.43. The van der Waals surface area contributed by atoms with E-state index in [1.165, 1.54) is 20.0 Å². The van der Waals surface area contributed by atoms with Crippen molar-refractivity contribution in [3.8, 4) is 0 Å². The second-order valence-corrected chi connectivity index (χ2v) is 4.35. The monoisotopic (exact) mass is 183 g/mol. The Balaban J connectivity index is 2.02. The molecule has 2 atom stereocenters. The van der Waals surface area contributed by atoms with Crippen molar-refractivity contribution in [3.05, 3.63) is 0 Å². The Kier molecular flexibility index (Phi) is 2.28. The molecule has 0 spiro atoms. The van der Waals surface area contributed by atoms with Gasteiger partial charge in [0.15, 0.2) is 0 Å². The molecule has 13 heavy (non-hydrogen) atoms. The van der Waals surface area contributed by atoms with Crippen LogP contribution in [-0.4, -0.2) is 38.1 Å². The van der Waals surface area contributed by atoms with Crippen molar-refractivity contribution in [2.24, 2.45) is 17.8 Å². The fourth-order valence-electron chi connectivity index (χ4n) is 2.44. The minimum Gasteiger partial charge on any atom is -0.469 e. The van der Waals surface area contributed by atoms with Crippen LogP contribution in [0, 0.1) is 17.8 Å². The molecule has 0 unspecified atom stereocenters. The van der Waals surface area contributed by atoms with Gasteiger partial charge in [0.1, 0.15) is 0 Å². The van der Waals surface area contributed by atoms with E-state index in [0.29, 0.717) is 5.92 Å². The maximum Gasteiger partial charge on any atom is 0.310 e. The van der Waals surface area contributed by atoms with Gasteiger partial charge >= 0.3 is 5.97 Å². The Labute approximate surface area is 79.0 Å². The van der Waals surface area contributed by atoms with Crippen LogP contribution in [0.4, 0.5) is 0 Å². The van der Waals surface area contributed by atoms with E-state index < -0.39 is 0 Å². The molecule has 0 aromatic carbocycles. The lowest BCUT2D eigenvalue weighted by Crippen LogP contribution is -2.25. The zero-order valence-corrected chi connectivity index (χ0v) is 8.32. The predicted octanol–water partition coefficient (Wildman–Crippen LogP) is 0.747. The Morgan fingerprint density at radius 2 is 2.08 bits per heavy atom. The molecule has 1 heterocycles. The van der Waals surface area contributed by atoms with Crippen LogP contribution in [0.25, 0.3) is 0 Å². The maximum atomic E-state index is 11.5. The second-order valence-electron chi connectivity index (χ2n) is 4.35. The van der Waals surface area contributed by atoms with Crippen molar-refractivity contribution in [2.45, 2.75) is 12.8 Å². The number of esters is 1. The van der Waals surface area contributed by atoms with Crippen LogP contribution in [0.3, 0.4) is 0 Å². The minimum absolute atomic E-state index is 0.0127. The summed E-state index contributed by atoms with van der Waals surface area (Å²) in [5, 5.41) is 0. The SMILES string of the molecule is COC(=O)[C@H]1CN(C)C[C@@H]1C1CC1. The van der Waals surface area contributed by atoms with E-state index >= 15 is 0 Å². The van der Waals surface area contributed by atoms with Crippen LogP contribution in [0.5, 0.6) is 0 Å². The number of ether oxygens (including phenoxy) is 1. The summed E-state index contributed by atoms with van der Waals surface area (Å²) in [7, 11) is 3.57. The molecule has 0 radical (unpaired) electrons. The van der Waals surface area contributed by atoms with Crippen LogP contribution < -0.4 is 0 Å². The van der Waals surface area contributed by atoms with Crippen molar-refractivity contribution >= 4 is 5.97 Å². The number of methoxy groups -OCH3 is 1. The summed E-state index contributed by atoms with van der Waals surface area (Å²) in [5.74, 6) is 1.50. The van der Waals surface area contributed by atoms with Crippen molar-refractivity contribution < 1.29 is 9.53 Å². The average molecular weight is 183 g/mol. The molecule has 1 aliphatic heterocycles. The van der Waals surface area contributed by atoms with Gasteiger partial charge in [0, 0.05) is 13.1 Å². The first-order valence-corrected chi connectivity index (χ1v) is 4.98. The topological polar surface area (TPSA) is 29.5 Å². The summed E-state index contributed by atoms with van der Waals surface area (Å²) in [6, 6.07) is 0. The fraction of sp³-hybridized carbons (Fsp3) is 0.900. The van der Waals surface area contributed by atoms with Gasteiger partial charge in [0.2, 0.25) is 0 Å². The number of likely N-dealkylation sites (tertiary alicyclic amines) is 1. The molecule has 3 nitrogen and oxygen atoms in total. The third kappa shape index (κ3) is 1.70. The Bertz CT molecular complexity index is 213. The van der Waals surface area contributed by atoms with Crippen LogP contribution in [0.15, 0.2) is 0 Å². The minimum atomic E-state index is -0.0127. The van der Waals surface area contributed by atoms with Crippen LogP contribution in [0.1, 0.15) is 12.8 Å². The number of nitrogens with zero attached hydrogens (tertiary/aromatic N) is 1. The van der Waals surface area contributed by atoms with Crippen molar-refractivity contribution in [1.29, 1.82) is 0 Å². The summed E-state index contributed by atoms with van der Waals surface area (Å²) in [6.45, 7) is 1.96. The quantitative estimate of drug-likeness (QED) is 0.592. The van der Waals surface area contributed by atoms with Crippen molar-refractivity contribution in [3.63, 3.8) is 0 Å². The number of carbonyl (C=O) groups excluding carboxylic acids is 1. The van der Waals surface area contributed by atoms with Crippen molar-refractivity contribution in [1.82, 2.24) is 4.90 Å². The summed E-state index contributed by atoms with van der Waals surface area (Å²) < 4.78 is 4.83. The second kappa shape index (κ2) is 3.29. The Morgan fingerprint density at radius 3 is 2.62 bits per heavy atom. The molecule has 2 aliphatic rings. The predicted molar refractivity (Wildman–Crippen MR) is 49.2 cm³/mol. The smallest absolute Gasteiger partial charge is 0.310 e. The average Bonchev–Trinajstić information content (AvgIpc) is 2.89. The summed E-state index contributed by atoms with van der Waals surface area (Å²) in [5.41, 5.74) is 0. The molecule has 74 valence electrons. The van der Waals surface area contributed by atoms with Gasteiger partial charge in [0.25, 0.3) is 0 Å². The van der Waals surface area contributed by atoms with Gasteiger partial charge in [0.05, 0.1) is 13.0 Å². The third-order valence-electron chi connectivity index (χ3n) is 3.28. The van der Waals surface area contributed by atoms with Gasteiger partial charge < -0.3 is 9.64 Å². The number of hydrogen-bond donors (Lipinski definition) is 0. The van der Waals surface area contributed by atoms with Gasteiger partial charge in [-0.2, -0.15) is 0 Å². The third-order valence-corrected chi connectivity index (χ3v) is 3.28. The van der Waals surface area contributed by atoms with Gasteiger partial charge in [-0.25, -0.2) is 0 Å². The van der Waals surface area contributed by atoms with E-state index in [0.717, 1.165) is 19.0 Å². The first-order chi connectivity index (χ1) is 6.22. The molecule has 3 heteroatoms. The Hall–Kier alpha value is -0.570. The van der Waals surface area contributed by atoms with Gasteiger partial charge in [-0.15, -0.1) is 0 Å². The molecular formula is C10H17NO2. The van der Waals surface area contributed by atoms with Crippen LogP contribution in [-0.2, 0) is 9.53 Å². The zero-order valence-electron chi connectivity index (χ0n) is 8.32. The molecular weight excluding hydrogens is 166 g/mol. The molecule has 2 fully saturated rings. The highest BCUT2D eigenvalue weighted by Gasteiger charge is 2.44. The van der Waals surface area contributed by atoms with E-state index in [4.69, 9.17) is 4.74 Å². The van der Waals surface area contributed by atoms with Gasteiger partial charge in [-0.1, -0.05) is 0 Å². The van der Waals surface area contributed by atoms with Gasteiger partial charge in [-0.05, 0) is 31.7 Å². The molecule has 0 bridgehead atoms. The van der Waals surface area contributed by atoms with E-state index in [9.17, 15) is 4.79 Å². The first kappa shape index (κ1) is 9.00. The molecule has 0 N–H and O–H groups in total. The summed E-state index contributed by atoms with van der Waals surface area (Å²) >= 11 is 0. The lowest BCUT2D eigenvalue weighted by Gasteiger charge is -2.14. The van der Waals surface area contributed by atoms with Crippen LogP contribution in [0.2, 0.25) is 0 Å². The largest absolute Gasteiger partial charge is 0.469 e.